The van der Waals surface area contributed by atoms with Gasteiger partial charge in [0.25, 0.3) is 0 Å². The van der Waals surface area contributed by atoms with E-state index in [0.29, 0.717) is 5.41 Å². The summed E-state index contributed by atoms with van der Waals surface area (Å²) in [7, 11) is 0. The second-order valence-corrected chi connectivity index (χ2v) is 7.49. The van der Waals surface area contributed by atoms with Gasteiger partial charge in [0.15, 0.2) is 0 Å². The Kier molecular flexibility index (Phi) is 4.56. The van der Waals surface area contributed by atoms with Gasteiger partial charge >= 0.3 is 0 Å². The molecule has 2 rings (SSSR count). The average molecular weight is 248 g/mol. The van der Waals surface area contributed by atoms with Crippen LogP contribution in [0.15, 0.2) is 12.2 Å². The van der Waals surface area contributed by atoms with E-state index in [-0.39, 0.29) is 0 Å². The Morgan fingerprint density at radius 1 is 1.11 bits per heavy atom. The molecule has 0 saturated heterocycles. The average Bonchev–Trinajstić information content (AvgIpc) is 2.66. The van der Waals surface area contributed by atoms with Crippen molar-refractivity contribution in [1.29, 1.82) is 0 Å². The van der Waals surface area contributed by atoms with Crippen LogP contribution in [-0.2, 0) is 0 Å². The molecule has 0 heteroatoms. The van der Waals surface area contributed by atoms with Gasteiger partial charge in [0.05, 0.1) is 0 Å². The van der Waals surface area contributed by atoms with Crippen molar-refractivity contribution in [3.63, 3.8) is 0 Å². The Morgan fingerprint density at radius 2 is 1.89 bits per heavy atom. The SMILES string of the molecule is CC(C)[C@@H](C)/C=C/C[C@H]1CC[C@H]2CCCC[C@@]21C. The topological polar surface area (TPSA) is 0 Å². The van der Waals surface area contributed by atoms with Crippen LogP contribution in [0.1, 0.15) is 72.6 Å². The van der Waals surface area contributed by atoms with Crippen molar-refractivity contribution < 1.29 is 0 Å². The Bertz CT molecular complexity index is 288. The van der Waals surface area contributed by atoms with Gasteiger partial charge in [0.1, 0.15) is 0 Å². The molecule has 4 atom stereocenters. The van der Waals surface area contributed by atoms with E-state index in [2.05, 4.69) is 39.8 Å². The molecule has 0 aromatic heterocycles. The smallest absolute Gasteiger partial charge is 0.0239 e. The summed E-state index contributed by atoms with van der Waals surface area (Å²) in [6.45, 7) is 9.58. The molecule has 104 valence electrons. The lowest BCUT2D eigenvalue weighted by Crippen LogP contribution is -2.31. The van der Waals surface area contributed by atoms with Gasteiger partial charge in [-0.2, -0.15) is 0 Å². The first-order valence-electron chi connectivity index (χ1n) is 8.20. The van der Waals surface area contributed by atoms with Gasteiger partial charge in [-0.15, -0.1) is 0 Å². The van der Waals surface area contributed by atoms with Crippen LogP contribution < -0.4 is 0 Å². The molecule has 2 saturated carbocycles. The first kappa shape index (κ1) is 14.2. The number of hydrogen-bond acceptors (Lipinski definition) is 0. The van der Waals surface area contributed by atoms with Crippen LogP contribution in [0.2, 0.25) is 0 Å². The van der Waals surface area contributed by atoms with Gasteiger partial charge in [0, 0.05) is 0 Å². The van der Waals surface area contributed by atoms with Crippen LogP contribution in [-0.4, -0.2) is 0 Å². The number of hydrogen-bond donors (Lipinski definition) is 0. The standard InChI is InChI=1S/C18H32/c1-14(2)15(3)8-7-10-17-12-11-16-9-5-6-13-18(16,17)4/h7-8,14-17H,5-6,9-13H2,1-4H3/b8-7+/t15-,16+,17-,18-/m0/s1. The fourth-order valence-electron chi connectivity index (χ4n) is 4.24. The van der Waals surface area contributed by atoms with Crippen molar-refractivity contribution >= 4 is 0 Å². The first-order valence-corrected chi connectivity index (χ1v) is 8.20. The number of allylic oxidation sites excluding steroid dienone is 2. The molecule has 0 radical (unpaired) electrons. The van der Waals surface area contributed by atoms with Gasteiger partial charge in [0.2, 0.25) is 0 Å². The number of fused-ring (bicyclic) bond motifs is 1. The second kappa shape index (κ2) is 5.80. The predicted molar refractivity (Wildman–Crippen MR) is 80.5 cm³/mol. The molecule has 2 aliphatic rings. The number of rotatable bonds is 4. The summed E-state index contributed by atoms with van der Waals surface area (Å²) in [6.07, 6.45) is 15.3. The second-order valence-electron chi connectivity index (χ2n) is 7.49. The largest absolute Gasteiger partial charge is 0.0880 e. The minimum atomic E-state index is 0.684. The van der Waals surface area contributed by atoms with Crippen LogP contribution >= 0.6 is 0 Å². The molecule has 0 N–H and O–H groups in total. The summed E-state index contributed by atoms with van der Waals surface area (Å²) in [4.78, 5) is 0. The summed E-state index contributed by atoms with van der Waals surface area (Å²) in [5, 5.41) is 0. The maximum Gasteiger partial charge on any atom is -0.0239 e. The van der Waals surface area contributed by atoms with E-state index >= 15 is 0 Å². The molecule has 0 heterocycles. The lowest BCUT2D eigenvalue weighted by molar-refractivity contribution is 0.101. The van der Waals surface area contributed by atoms with Gasteiger partial charge in [-0.25, -0.2) is 0 Å². The summed E-state index contributed by atoms with van der Waals surface area (Å²) in [5.41, 5.74) is 0.684. The Labute approximate surface area is 114 Å². The van der Waals surface area contributed by atoms with Crippen LogP contribution in [0.4, 0.5) is 0 Å². The van der Waals surface area contributed by atoms with Crippen molar-refractivity contribution in [3.05, 3.63) is 12.2 Å². The third kappa shape index (κ3) is 2.83. The van der Waals surface area contributed by atoms with Crippen LogP contribution in [0.5, 0.6) is 0 Å². The molecule has 2 aliphatic carbocycles. The van der Waals surface area contributed by atoms with Gasteiger partial charge in [-0.3, -0.25) is 0 Å². The molecule has 0 unspecified atom stereocenters. The fraction of sp³-hybridized carbons (Fsp3) is 0.889. The zero-order valence-corrected chi connectivity index (χ0v) is 12.9. The highest BCUT2D eigenvalue weighted by molar-refractivity contribution is 5.00. The first-order chi connectivity index (χ1) is 8.54. The maximum atomic E-state index is 2.59. The third-order valence-electron chi connectivity index (χ3n) is 6.16. The van der Waals surface area contributed by atoms with E-state index in [1.807, 2.05) is 0 Å². The summed E-state index contributed by atoms with van der Waals surface area (Å²) >= 11 is 0. The Balaban J connectivity index is 1.90. The highest BCUT2D eigenvalue weighted by Gasteiger charge is 2.46. The molecule has 0 amide bonds. The van der Waals surface area contributed by atoms with E-state index in [1.165, 1.54) is 44.9 Å². The highest BCUT2D eigenvalue weighted by atomic mass is 14.5. The molecule has 0 aromatic carbocycles. The van der Waals surface area contributed by atoms with Crippen molar-refractivity contribution in [1.82, 2.24) is 0 Å². The van der Waals surface area contributed by atoms with Crippen molar-refractivity contribution in [2.24, 2.45) is 29.1 Å². The quantitative estimate of drug-likeness (QED) is 0.549. The highest BCUT2D eigenvalue weighted by Crippen LogP contribution is 2.56. The molecular formula is C18H32. The molecule has 2 fully saturated rings. The van der Waals surface area contributed by atoms with Crippen LogP contribution in [0, 0.1) is 29.1 Å². The molecular weight excluding hydrogens is 216 g/mol. The van der Waals surface area contributed by atoms with E-state index < -0.39 is 0 Å². The zero-order valence-electron chi connectivity index (χ0n) is 12.9. The Hall–Kier alpha value is -0.260. The third-order valence-corrected chi connectivity index (χ3v) is 6.16. The Morgan fingerprint density at radius 3 is 2.61 bits per heavy atom. The van der Waals surface area contributed by atoms with Crippen molar-refractivity contribution in [2.75, 3.05) is 0 Å². The molecule has 0 spiro atoms. The van der Waals surface area contributed by atoms with Gasteiger partial charge in [-0.05, 0) is 61.2 Å². The minimum Gasteiger partial charge on any atom is -0.0880 e. The molecule has 0 bridgehead atoms. The predicted octanol–water partition coefficient (Wildman–Crippen LogP) is 5.83. The van der Waals surface area contributed by atoms with E-state index in [4.69, 9.17) is 0 Å². The van der Waals surface area contributed by atoms with E-state index in [9.17, 15) is 0 Å². The summed E-state index contributed by atoms with van der Waals surface area (Å²) < 4.78 is 0. The summed E-state index contributed by atoms with van der Waals surface area (Å²) in [6, 6.07) is 0. The molecule has 0 nitrogen and oxygen atoms in total. The van der Waals surface area contributed by atoms with E-state index in [1.54, 1.807) is 0 Å². The van der Waals surface area contributed by atoms with Gasteiger partial charge in [-0.1, -0.05) is 52.7 Å². The fourth-order valence-corrected chi connectivity index (χ4v) is 4.24. The van der Waals surface area contributed by atoms with Crippen molar-refractivity contribution in [3.8, 4) is 0 Å². The minimum absolute atomic E-state index is 0.684. The van der Waals surface area contributed by atoms with Crippen molar-refractivity contribution in [2.45, 2.75) is 72.6 Å². The van der Waals surface area contributed by atoms with Gasteiger partial charge < -0.3 is 0 Å². The maximum absolute atomic E-state index is 2.59. The lowest BCUT2D eigenvalue weighted by atomic mass is 9.65. The molecule has 0 aromatic rings. The monoisotopic (exact) mass is 248 g/mol. The summed E-state index contributed by atoms with van der Waals surface area (Å²) in [5.74, 6) is 3.54. The normalized spacial score (nSPS) is 38.3. The van der Waals surface area contributed by atoms with Crippen LogP contribution in [0.3, 0.4) is 0 Å². The zero-order chi connectivity index (χ0) is 13.2. The lowest BCUT2D eigenvalue weighted by Gasteiger charge is -2.40. The molecule has 18 heavy (non-hydrogen) atoms. The van der Waals surface area contributed by atoms with Crippen LogP contribution in [0.25, 0.3) is 0 Å². The van der Waals surface area contributed by atoms with E-state index in [0.717, 1.165) is 23.7 Å². The molecule has 0 aliphatic heterocycles.